The number of halogens is 1. The van der Waals surface area contributed by atoms with Crippen LogP contribution in [-0.2, 0) is 6.54 Å². The van der Waals surface area contributed by atoms with Crippen molar-refractivity contribution in [1.82, 2.24) is 15.3 Å². The smallest absolute Gasteiger partial charge is 0.404 e. The Kier molecular flexibility index (Phi) is 5.57. The fraction of sp³-hybridized carbons (Fsp3) is 0.350. The van der Waals surface area contributed by atoms with E-state index in [0.717, 1.165) is 45.6 Å². The van der Waals surface area contributed by atoms with Gasteiger partial charge in [-0.05, 0) is 46.5 Å². The van der Waals surface area contributed by atoms with E-state index in [2.05, 4.69) is 48.4 Å². The van der Waals surface area contributed by atoms with Crippen LogP contribution in [0.2, 0.25) is 0 Å². The maximum absolute atomic E-state index is 11.1. The van der Waals surface area contributed by atoms with Crippen molar-refractivity contribution in [3.63, 3.8) is 0 Å². The molecule has 3 N–H and O–H groups in total. The number of rotatable bonds is 5. The van der Waals surface area contributed by atoms with Gasteiger partial charge in [0.2, 0.25) is 0 Å². The molecule has 4 heterocycles. The summed E-state index contributed by atoms with van der Waals surface area (Å²) in [5.41, 5.74) is 4.31. The van der Waals surface area contributed by atoms with E-state index in [1.807, 2.05) is 18.2 Å². The highest BCUT2D eigenvalue weighted by atomic mass is 79.9. The van der Waals surface area contributed by atoms with Crippen molar-refractivity contribution >= 4 is 44.5 Å². The third-order valence-electron chi connectivity index (χ3n) is 5.02. The second-order valence-electron chi connectivity index (χ2n) is 7.37. The van der Waals surface area contributed by atoms with Gasteiger partial charge >= 0.3 is 6.09 Å². The quantitative estimate of drug-likeness (QED) is 0.527. The van der Waals surface area contributed by atoms with Crippen LogP contribution in [0.25, 0.3) is 11.1 Å². The number of nitrogens with zero attached hydrogens (tertiary/aromatic N) is 3. The average molecular weight is 460 g/mol. The van der Waals surface area contributed by atoms with Crippen LogP contribution in [0, 0.1) is 5.92 Å². The highest BCUT2D eigenvalue weighted by Gasteiger charge is 2.27. The molecule has 0 aliphatic carbocycles. The first kappa shape index (κ1) is 19.5. The Morgan fingerprint density at radius 3 is 3.07 bits per heavy atom. The number of hydrogen-bond donors (Lipinski definition) is 3. The van der Waals surface area contributed by atoms with Gasteiger partial charge in [0.25, 0.3) is 0 Å². The van der Waals surface area contributed by atoms with E-state index in [1.165, 1.54) is 0 Å². The van der Waals surface area contributed by atoms with E-state index in [9.17, 15) is 4.79 Å². The fourth-order valence-electron chi connectivity index (χ4n) is 3.83. The molecule has 4 rings (SSSR count). The molecule has 8 nitrogen and oxygen atoms in total. The minimum atomic E-state index is -0.982. The Bertz CT molecular complexity index is 1020. The summed E-state index contributed by atoms with van der Waals surface area (Å²) in [7, 11) is 0. The maximum atomic E-state index is 11.1. The van der Waals surface area contributed by atoms with Gasteiger partial charge in [-0.3, -0.25) is 4.98 Å². The molecule has 0 aromatic carbocycles. The van der Waals surface area contributed by atoms with Gasteiger partial charge in [0, 0.05) is 25.3 Å². The largest absolute Gasteiger partial charge is 0.465 e. The molecule has 3 aromatic rings. The highest BCUT2D eigenvalue weighted by molar-refractivity contribution is 9.10. The van der Waals surface area contributed by atoms with E-state index in [0.29, 0.717) is 19.0 Å². The lowest BCUT2D eigenvalue weighted by Crippen LogP contribution is -2.50. The topological polar surface area (TPSA) is 104 Å². The minimum Gasteiger partial charge on any atom is -0.465 e. The van der Waals surface area contributed by atoms with E-state index < -0.39 is 6.09 Å². The lowest BCUT2D eigenvalue weighted by Gasteiger charge is -2.38. The number of furan rings is 1. The molecule has 1 amide bonds. The van der Waals surface area contributed by atoms with Gasteiger partial charge in [-0.2, -0.15) is 0 Å². The summed E-state index contributed by atoms with van der Waals surface area (Å²) in [5, 5.41) is 15.1. The summed E-state index contributed by atoms with van der Waals surface area (Å²) in [4.78, 5) is 22.2. The van der Waals surface area contributed by atoms with Crippen molar-refractivity contribution in [2.75, 3.05) is 23.3 Å². The maximum Gasteiger partial charge on any atom is 0.404 e. The van der Waals surface area contributed by atoms with Crippen LogP contribution in [0.3, 0.4) is 0 Å². The molecular weight excluding hydrogens is 438 g/mol. The average Bonchev–Trinajstić information content (AvgIpc) is 3.06. The van der Waals surface area contributed by atoms with Crippen LogP contribution >= 0.6 is 15.9 Å². The molecule has 0 saturated carbocycles. The number of fused-ring (bicyclic) bond motifs is 1. The predicted molar refractivity (Wildman–Crippen MR) is 114 cm³/mol. The molecular formula is C20H22BrN5O3. The third kappa shape index (κ3) is 4.45. The van der Waals surface area contributed by atoms with Gasteiger partial charge < -0.3 is 25.1 Å². The minimum absolute atomic E-state index is 0.0974. The number of anilines is 2. The van der Waals surface area contributed by atoms with Crippen molar-refractivity contribution in [3.05, 3.63) is 47.0 Å². The van der Waals surface area contributed by atoms with Crippen LogP contribution in [0.4, 0.5) is 16.2 Å². The first-order valence-corrected chi connectivity index (χ1v) is 10.2. The molecule has 0 bridgehead atoms. The van der Waals surface area contributed by atoms with Crippen molar-refractivity contribution in [2.24, 2.45) is 5.92 Å². The lowest BCUT2D eigenvalue weighted by atomic mass is 9.95. The van der Waals surface area contributed by atoms with Crippen LogP contribution in [0.5, 0.6) is 0 Å². The first-order valence-electron chi connectivity index (χ1n) is 9.44. The Balaban J connectivity index is 1.51. The van der Waals surface area contributed by atoms with Crippen LogP contribution in [0.15, 0.2) is 45.7 Å². The Hall–Kier alpha value is -2.81. The number of pyridine rings is 2. The van der Waals surface area contributed by atoms with Gasteiger partial charge in [-0.1, -0.05) is 6.92 Å². The molecule has 2 atom stereocenters. The zero-order valence-electron chi connectivity index (χ0n) is 15.9. The van der Waals surface area contributed by atoms with Crippen LogP contribution < -0.4 is 15.5 Å². The normalized spacial score (nSPS) is 19.3. The zero-order valence-corrected chi connectivity index (χ0v) is 17.5. The molecule has 9 heteroatoms. The van der Waals surface area contributed by atoms with Gasteiger partial charge in [0.15, 0.2) is 5.58 Å². The van der Waals surface area contributed by atoms with E-state index in [4.69, 9.17) is 9.52 Å². The van der Waals surface area contributed by atoms with Gasteiger partial charge in [0.1, 0.15) is 11.8 Å². The second kappa shape index (κ2) is 8.28. The number of aromatic nitrogens is 2. The van der Waals surface area contributed by atoms with E-state index >= 15 is 0 Å². The summed E-state index contributed by atoms with van der Waals surface area (Å²) >= 11 is 3.45. The summed E-state index contributed by atoms with van der Waals surface area (Å²) in [6.07, 6.45) is 5.03. The van der Waals surface area contributed by atoms with Gasteiger partial charge in [-0.25, -0.2) is 9.78 Å². The zero-order chi connectivity index (χ0) is 20.4. The number of carboxylic acid groups (broad SMARTS) is 1. The molecule has 1 aliphatic rings. The molecule has 1 fully saturated rings. The third-order valence-corrected chi connectivity index (χ3v) is 5.58. The lowest BCUT2D eigenvalue weighted by molar-refractivity contribution is 0.186. The number of hydrogen-bond acceptors (Lipinski definition) is 6. The van der Waals surface area contributed by atoms with Crippen molar-refractivity contribution in [2.45, 2.75) is 25.9 Å². The Morgan fingerprint density at radius 2 is 2.24 bits per heavy atom. The van der Waals surface area contributed by atoms with Crippen LogP contribution in [-0.4, -0.2) is 40.3 Å². The van der Waals surface area contributed by atoms with Crippen LogP contribution in [0.1, 0.15) is 19.0 Å². The summed E-state index contributed by atoms with van der Waals surface area (Å²) in [6.45, 7) is 4.16. The summed E-state index contributed by atoms with van der Waals surface area (Å²) in [5.74, 6) is 0.379. The van der Waals surface area contributed by atoms with E-state index in [-0.39, 0.29) is 6.04 Å². The molecule has 0 spiro atoms. The molecule has 152 valence electrons. The Morgan fingerprint density at radius 1 is 1.38 bits per heavy atom. The summed E-state index contributed by atoms with van der Waals surface area (Å²) in [6, 6.07) is 5.70. The van der Waals surface area contributed by atoms with Gasteiger partial charge in [-0.15, -0.1) is 0 Å². The molecule has 3 aromatic heterocycles. The second-order valence-corrected chi connectivity index (χ2v) is 8.23. The number of piperidine rings is 1. The molecule has 1 aliphatic heterocycles. The Labute approximate surface area is 176 Å². The number of amides is 1. The standard InChI is InChI=1S/C20H22BrN5O3/c1-12-6-14(25-20(27)28)10-26(9-12)17-4-5-22-8-16(17)23-7-13-2-3-18-19(24-13)15(21)11-29-18/h2-5,8,11-12,14,23,25H,6-7,9-10H2,1H3,(H,27,28)/t12-,14+/m1/s1. The van der Waals surface area contributed by atoms with Gasteiger partial charge in [0.05, 0.1) is 34.3 Å². The first-order chi connectivity index (χ1) is 14.0. The molecule has 29 heavy (non-hydrogen) atoms. The SMILES string of the molecule is C[C@@H]1C[C@H](NC(=O)O)CN(c2ccncc2NCc2ccc3occ(Br)c3n2)C1. The van der Waals surface area contributed by atoms with Crippen molar-refractivity contribution in [1.29, 1.82) is 0 Å². The monoisotopic (exact) mass is 459 g/mol. The number of carbonyl (C=O) groups is 1. The highest BCUT2D eigenvalue weighted by Crippen LogP contribution is 2.30. The molecule has 0 radical (unpaired) electrons. The van der Waals surface area contributed by atoms with E-state index in [1.54, 1.807) is 18.7 Å². The fourth-order valence-corrected chi connectivity index (χ4v) is 4.21. The van der Waals surface area contributed by atoms with Crippen molar-refractivity contribution in [3.8, 4) is 0 Å². The summed E-state index contributed by atoms with van der Waals surface area (Å²) < 4.78 is 6.25. The predicted octanol–water partition coefficient (Wildman–Crippen LogP) is 4.08. The molecule has 1 saturated heterocycles. The molecule has 0 unspecified atom stereocenters. The number of nitrogens with one attached hydrogen (secondary N) is 2. The van der Waals surface area contributed by atoms with Crippen molar-refractivity contribution < 1.29 is 14.3 Å².